The second kappa shape index (κ2) is 3.39. The van der Waals surface area contributed by atoms with Crippen LogP contribution in [0.4, 0.5) is 5.69 Å². The molecule has 1 aromatic carbocycles. The average Bonchev–Trinajstić information content (AvgIpc) is 2.61. The third-order valence-corrected chi connectivity index (χ3v) is 4.00. The van der Waals surface area contributed by atoms with E-state index in [-0.39, 0.29) is 6.17 Å². The van der Waals surface area contributed by atoms with Gasteiger partial charge in [0.15, 0.2) is 0 Å². The topological polar surface area (TPSA) is 29.3 Å². The molecule has 80 valence electrons. The number of hydrogen-bond acceptors (Lipinski definition) is 2. The Bertz CT molecular complexity index is 391. The Balaban J connectivity index is 2.10. The van der Waals surface area contributed by atoms with Crippen LogP contribution in [0, 0.1) is 0 Å². The van der Waals surface area contributed by atoms with Gasteiger partial charge in [0.05, 0.1) is 6.17 Å². The van der Waals surface area contributed by atoms with E-state index < -0.39 is 0 Å². The minimum Gasteiger partial charge on any atom is -0.353 e. The van der Waals surface area contributed by atoms with Gasteiger partial charge in [0.2, 0.25) is 0 Å². The van der Waals surface area contributed by atoms with Crippen molar-refractivity contribution in [2.24, 2.45) is 5.73 Å². The van der Waals surface area contributed by atoms with Crippen molar-refractivity contribution in [3.05, 3.63) is 28.8 Å². The molecule has 0 aromatic heterocycles. The van der Waals surface area contributed by atoms with Gasteiger partial charge < -0.3 is 10.6 Å². The molecule has 15 heavy (non-hydrogen) atoms. The molecule has 0 spiro atoms. The highest BCUT2D eigenvalue weighted by molar-refractivity contribution is 6.31. The molecule has 1 aromatic rings. The number of benzene rings is 1. The van der Waals surface area contributed by atoms with Crippen LogP contribution in [0.5, 0.6) is 0 Å². The Morgan fingerprint density at radius 2 is 2.13 bits per heavy atom. The van der Waals surface area contributed by atoms with E-state index in [1.807, 2.05) is 12.1 Å². The summed E-state index contributed by atoms with van der Waals surface area (Å²) in [5.41, 5.74) is 8.69. The van der Waals surface area contributed by atoms with Gasteiger partial charge >= 0.3 is 0 Å². The highest BCUT2D eigenvalue weighted by Gasteiger charge is 2.35. The first-order valence-electron chi connectivity index (χ1n) is 5.58. The maximum atomic E-state index is 6.21. The van der Waals surface area contributed by atoms with E-state index in [1.54, 1.807) is 0 Å². The quantitative estimate of drug-likeness (QED) is 0.731. The zero-order chi connectivity index (χ0) is 10.4. The van der Waals surface area contributed by atoms with Crippen LogP contribution in [-0.4, -0.2) is 12.2 Å². The van der Waals surface area contributed by atoms with Crippen molar-refractivity contribution in [3.63, 3.8) is 0 Å². The SMILES string of the molecule is NC1CCC2CCc3c(Cl)cccc3N12. The van der Waals surface area contributed by atoms with E-state index >= 15 is 0 Å². The summed E-state index contributed by atoms with van der Waals surface area (Å²) in [6, 6.07) is 6.79. The summed E-state index contributed by atoms with van der Waals surface area (Å²) >= 11 is 6.21. The summed E-state index contributed by atoms with van der Waals surface area (Å²) in [7, 11) is 0. The summed E-state index contributed by atoms with van der Waals surface area (Å²) < 4.78 is 0. The van der Waals surface area contributed by atoms with Crippen LogP contribution >= 0.6 is 11.6 Å². The number of fused-ring (bicyclic) bond motifs is 3. The summed E-state index contributed by atoms with van der Waals surface area (Å²) in [5.74, 6) is 0. The van der Waals surface area contributed by atoms with Crippen LogP contribution < -0.4 is 10.6 Å². The highest BCUT2D eigenvalue weighted by Crippen LogP contribution is 2.40. The predicted molar refractivity (Wildman–Crippen MR) is 63.2 cm³/mol. The molecule has 0 amide bonds. The van der Waals surface area contributed by atoms with Gasteiger partial charge in [-0.25, -0.2) is 0 Å². The molecule has 2 unspecified atom stereocenters. The zero-order valence-electron chi connectivity index (χ0n) is 8.62. The first-order chi connectivity index (χ1) is 7.27. The summed E-state index contributed by atoms with van der Waals surface area (Å²) in [6.45, 7) is 0. The third kappa shape index (κ3) is 1.35. The molecule has 2 nitrogen and oxygen atoms in total. The van der Waals surface area contributed by atoms with Crippen molar-refractivity contribution in [1.29, 1.82) is 0 Å². The van der Waals surface area contributed by atoms with Gasteiger partial charge in [-0.05, 0) is 43.4 Å². The summed E-state index contributed by atoms with van der Waals surface area (Å²) in [6.07, 6.45) is 4.82. The molecule has 1 saturated heterocycles. The van der Waals surface area contributed by atoms with E-state index in [1.165, 1.54) is 24.1 Å². The maximum absolute atomic E-state index is 6.21. The highest BCUT2D eigenvalue weighted by atomic mass is 35.5. The fourth-order valence-electron chi connectivity index (χ4n) is 2.92. The number of nitrogens with zero attached hydrogens (tertiary/aromatic N) is 1. The van der Waals surface area contributed by atoms with Crippen LogP contribution in [-0.2, 0) is 6.42 Å². The summed E-state index contributed by atoms with van der Waals surface area (Å²) in [5, 5.41) is 0.894. The van der Waals surface area contributed by atoms with Gasteiger partial charge in [0, 0.05) is 16.8 Å². The first-order valence-corrected chi connectivity index (χ1v) is 5.96. The Labute approximate surface area is 95.0 Å². The van der Waals surface area contributed by atoms with E-state index in [0.29, 0.717) is 6.04 Å². The molecular weight excluding hydrogens is 208 g/mol. The lowest BCUT2D eigenvalue weighted by Crippen LogP contribution is -2.44. The number of halogens is 1. The van der Waals surface area contributed by atoms with Crippen molar-refractivity contribution in [2.45, 2.75) is 37.9 Å². The van der Waals surface area contributed by atoms with Crippen LogP contribution in [0.25, 0.3) is 0 Å². The van der Waals surface area contributed by atoms with E-state index in [2.05, 4.69) is 11.0 Å². The van der Waals surface area contributed by atoms with Crippen molar-refractivity contribution >= 4 is 17.3 Å². The van der Waals surface area contributed by atoms with Gasteiger partial charge in [-0.2, -0.15) is 0 Å². The molecule has 2 N–H and O–H groups in total. The van der Waals surface area contributed by atoms with Crippen molar-refractivity contribution in [3.8, 4) is 0 Å². The van der Waals surface area contributed by atoms with Crippen molar-refractivity contribution < 1.29 is 0 Å². The molecule has 0 radical (unpaired) electrons. The number of hydrogen-bond donors (Lipinski definition) is 1. The molecule has 0 aliphatic carbocycles. The van der Waals surface area contributed by atoms with Crippen LogP contribution in [0.15, 0.2) is 18.2 Å². The third-order valence-electron chi connectivity index (χ3n) is 3.65. The molecule has 1 fully saturated rings. The van der Waals surface area contributed by atoms with E-state index in [0.717, 1.165) is 17.9 Å². The van der Waals surface area contributed by atoms with Gasteiger partial charge in [0.1, 0.15) is 0 Å². The first kappa shape index (κ1) is 9.49. The molecule has 2 heterocycles. The van der Waals surface area contributed by atoms with Gasteiger partial charge in [-0.15, -0.1) is 0 Å². The largest absolute Gasteiger partial charge is 0.353 e. The van der Waals surface area contributed by atoms with Crippen LogP contribution in [0.3, 0.4) is 0 Å². The molecule has 0 bridgehead atoms. The Morgan fingerprint density at radius 1 is 1.27 bits per heavy atom. The zero-order valence-corrected chi connectivity index (χ0v) is 9.37. The number of anilines is 1. The van der Waals surface area contributed by atoms with Crippen molar-refractivity contribution in [2.75, 3.05) is 4.90 Å². The van der Waals surface area contributed by atoms with Crippen LogP contribution in [0.2, 0.25) is 5.02 Å². The molecule has 2 aliphatic heterocycles. The normalized spacial score (nSPS) is 28.8. The molecule has 2 atom stereocenters. The lowest BCUT2D eigenvalue weighted by atomic mass is 9.96. The van der Waals surface area contributed by atoms with Gasteiger partial charge in [-0.1, -0.05) is 17.7 Å². The lowest BCUT2D eigenvalue weighted by Gasteiger charge is -2.36. The fraction of sp³-hybridized carbons (Fsp3) is 0.500. The summed E-state index contributed by atoms with van der Waals surface area (Å²) in [4.78, 5) is 2.37. The minimum atomic E-state index is 0.188. The molecular formula is C12H15ClN2. The van der Waals surface area contributed by atoms with Crippen molar-refractivity contribution in [1.82, 2.24) is 0 Å². The molecule has 3 heteroatoms. The monoisotopic (exact) mass is 222 g/mol. The maximum Gasteiger partial charge on any atom is 0.0774 e. The molecule has 3 rings (SSSR count). The van der Waals surface area contributed by atoms with Gasteiger partial charge in [-0.3, -0.25) is 0 Å². The second-order valence-electron chi connectivity index (χ2n) is 4.48. The fourth-order valence-corrected chi connectivity index (χ4v) is 3.18. The van der Waals surface area contributed by atoms with Crippen LogP contribution in [0.1, 0.15) is 24.8 Å². The molecule has 2 aliphatic rings. The smallest absolute Gasteiger partial charge is 0.0774 e. The second-order valence-corrected chi connectivity index (χ2v) is 4.89. The number of nitrogens with two attached hydrogens (primary N) is 1. The van der Waals surface area contributed by atoms with E-state index in [4.69, 9.17) is 17.3 Å². The standard InChI is InChI=1S/C12H15ClN2/c13-10-2-1-3-11-9(10)6-4-8-5-7-12(14)15(8)11/h1-3,8,12H,4-7,14H2. The Kier molecular flexibility index (Phi) is 2.15. The average molecular weight is 223 g/mol. The van der Waals surface area contributed by atoms with E-state index in [9.17, 15) is 0 Å². The predicted octanol–water partition coefficient (Wildman–Crippen LogP) is 2.54. The molecule has 0 saturated carbocycles. The Hall–Kier alpha value is -0.730. The number of rotatable bonds is 0. The lowest BCUT2D eigenvalue weighted by molar-refractivity contribution is 0.566. The Morgan fingerprint density at radius 3 is 3.00 bits per heavy atom. The minimum absolute atomic E-state index is 0.188. The van der Waals surface area contributed by atoms with Gasteiger partial charge in [0.25, 0.3) is 0 Å².